The number of hydrogen-bond acceptors (Lipinski definition) is 4. The van der Waals surface area contributed by atoms with Gasteiger partial charge < -0.3 is 10.2 Å². The molecule has 4 nitrogen and oxygen atoms in total. The van der Waals surface area contributed by atoms with E-state index in [4.69, 9.17) is 4.98 Å². The first-order valence-electron chi connectivity index (χ1n) is 7.65. The SMILES string of the molecule is CNc1cc(N2CC(C)CCC2C)nc(C(C)(C)C)n1. The van der Waals surface area contributed by atoms with E-state index < -0.39 is 0 Å². The highest BCUT2D eigenvalue weighted by atomic mass is 15.2. The van der Waals surface area contributed by atoms with E-state index in [0.29, 0.717) is 6.04 Å². The van der Waals surface area contributed by atoms with Gasteiger partial charge in [-0.2, -0.15) is 0 Å². The number of nitrogens with one attached hydrogen (secondary N) is 1. The molecule has 2 atom stereocenters. The van der Waals surface area contributed by atoms with Gasteiger partial charge in [-0.25, -0.2) is 9.97 Å². The Balaban J connectivity index is 2.39. The van der Waals surface area contributed by atoms with Crippen LogP contribution < -0.4 is 10.2 Å². The van der Waals surface area contributed by atoms with Crippen LogP contribution in [0.2, 0.25) is 0 Å². The quantitative estimate of drug-likeness (QED) is 0.898. The van der Waals surface area contributed by atoms with Crippen LogP contribution in [0.15, 0.2) is 6.07 Å². The summed E-state index contributed by atoms with van der Waals surface area (Å²) < 4.78 is 0. The van der Waals surface area contributed by atoms with Gasteiger partial charge in [0.2, 0.25) is 0 Å². The van der Waals surface area contributed by atoms with Crippen LogP contribution in [0.5, 0.6) is 0 Å². The summed E-state index contributed by atoms with van der Waals surface area (Å²) in [6, 6.07) is 2.63. The molecule has 1 aromatic heterocycles. The van der Waals surface area contributed by atoms with Gasteiger partial charge in [0.1, 0.15) is 17.5 Å². The van der Waals surface area contributed by atoms with Crippen molar-refractivity contribution in [2.45, 2.75) is 58.9 Å². The molecule has 1 aliphatic heterocycles. The van der Waals surface area contributed by atoms with Crippen molar-refractivity contribution in [1.82, 2.24) is 9.97 Å². The summed E-state index contributed by atoms with van der Waals surface area (Å²) in [6.07, 6.45) is 2.55. The molecule has 0 bridgehead atoms. The van der Waals surface area contributed by atoms with Crippen molar-refractivity contribution in [2.75, 3.05) is 23.8 Å². The monoisotopic (exact) mass is 276 g/mol. The van der Waals surface area contributed by atoms with E-state index >= 15 is 0 Å². The number of piperidine rings is 1. The lowest BCUT2D eigenvalue weighted by Gasteiger charge is -2.38. The highest BCUT2D eigenvalue weighted by molar-refractivity contribution is 5.50. The first kappa shape index (κ1) is 15.1. The van der Waals surface area contributed by atoms with Crippen molar-refractivity contribution < 1.29 is 0 Å². The van der Waals surface area contributed by atoms with Crippen molar-refractivity contribution in [1.29, 1.82) is 0 Å². The standard InChI is InChI=1S/C16H28N4/c1-11-7-8-12(2)20(10-11)14-9-13(17-6)18-15(19-14)16(3,4)5/h9,11-12H,7-8,10H2,1-6H3,(H,17,18,19). The number of rotatable bonds is 2. The van der Waals surface area contributed by atoms with Crippen LogP contribution >= 0.6 is 0 Å². The largest absolute Gasteiger partial charge is 0.373 e. The van der Waals surface area contributed by atoms with E-state index in [0.717, 1.165) is 29.9 Å². The van der Waals surface area contributed by atoms with Gasteiger partial charge in [0.25, 0.3) is 0 Å². The molecule has 0 radical (unpaired) electrons. The summed E-state index contributed by atoms with van der Waals surface area (Å²) in [6.45, 7) is 12.2. The van der Waals surface area contributed by atoms with Crippen molar-refractivity contribution in [3.63, 3.8) is 0 Å². The lowest BCUT2D eigenvalue weighted by Crippen LogP contribution is -2.42. The molecule has 1 N–H and O–H groups in total. The molecule has 112 valence electrons. The molecule has 1 saturated heterocycles. The van der Waals surface area contributed by atoms with Gasteiger partial charge >= 0.3 is 0 Å². The van der Waals surface area contributed by atoms with Crippen molar-refractivity contribution in [2.24, 2.45) is 5.92 Å². The Labute approximate surface area is 123 Å². The van der Waals surface area contributed by atoms with E-state index in [9.17, 15) is 0 Å². The zero-order valence-corrected chi connectivity index (χ0v) is 13.7. The lowest BCUT2D eigenvalue weighted by molar-refractivity contribution is 0.387. The minimum Gasteiger partial charge on any atom is -0.373 e. The average Bonchev–Trinajstić information content (AvgIpc) is 2.40. The summed E-state index contributed by atoms with van der Waals surface area (Å²) >= 11 is 0. The smallest absolute Gasteiger partial charge is 0.138 e. The van der Waals surface area contributed by atoms with Gasteiger partial charge in [0.15, 0.2) is 0 Å². The van der Waals surface area contributed by atoms with E-state index in [1.54, 1.807) is 0 Å². The Morgan fingerprint density at radius 3 is 2.50 bits per heavy atom. The molecule has 1 aromatic rings. The summed E-state index contributed by atoms with van der Waals surface area (Å²) in [4.78, 5) is 11.9. The number of anilines is 2. The van der Waals surface area contributed by atoms with Crippen LogP contribution in [-0.2, 0) is 5.41 Å². The lowest BCUT2D eigenvalue weighted by atomic mass is 9.94. The third-order valence-corrected chi connectivity index (χ3v) is 4.05. The molecule has 0 aromatic carbocycles. The van der Waals surface area contributed by atoms with Crippen LogP contribution in [0.4, 0.5) is 11.6 Å². The first-order chi connectivity index (χ1) is 9.31. The molecule has 1 aliphatic rings. The summed E-state index contributed by atoms with van der Waals surface area (Å²) in [7, 11) is 1.92. The molecule has 2 rings (SSSR count). The van der Waals surface area contributed by atoms with Crippen molar-refractivity contribution in [3.05, 3.63) is 11.9 Å². The fourth-order valence-electron chi connectivity index (χ4n) is 2.65. The van der Waals surface area contributed by atoms with Gasteiger partial charge in [-0.1, -0.05) is 27.7 Å². The Hall–Kier alpha value is -1.32. The zero-order chi connectivity index (χ0) is 14.9. The second-order valence-corrected chi connectivity index (χ2v) is 7.12. The summed E-state index contributed by atoms with van der Waals surface area (Å²) in [5, 5.41) is 3.17. The molecule has 2 unspecified atom stereocenters. The number of hydrogen-bond donors (Lipinski definition) is 1. The topological polar surface area (TPSA) is 41.0 Å². The summed E-state index contributed by atoms with van der Waals surface area (Å²) in [5.41, 5.74) is -0.0355. The maximum absolute atomic E-state index is 4.84. The molecule has 1 fully saturated rings. The maximum Gasteiger partial charge on any atom is 0.138 e. The second kappa shape index (κ2) is 5.58. The fourth-order valence-corrected chi connectivity index (χ4v) is 2.65. The van der Waals surface area contributed by atoms with Gasteiger partial charge in [-0.3, -0.25) is 0 Å². The van der Waals surface area contributed by atoms with Gasteiger partial charge in [0, 0.05) is 31.1 Å². The molecular formula is C16H28N4. The summed E-state index contributed by atoms with van der Waals surface area (Å²) in [5.74, 6) is 3.61. The third-order valence-electron chi connectivity index (χ3n) is 4.05. The maximum atomic E-state index is 4.84. The molecule has 4 heteroatoms. The highest BCUT2D eigenvalue weighted by Crippen LogP contribution is 2.29. The van der Waals surface area contributed by atoms with E-state index in [1.807, 2.05) is 7.05 Å². The molecule has 20 heavy (non-hydrogen) atoms. The minimum absolute atomic E-state index is 0.0355. The highest BCUT2D eigenvalue weighted by Gasteiger charge is 2.26. The fraction of sp³-hybridized carbons (Fsp3) is 0.750. The predicted octanol–water partition coefficient (Wildman–Crippen LogP) is 3.44. The first-order valence-corrected chi connectivity index (χ1v) is 7.65. The minimum atomic E-state index is -0.0355. The van der Waals surface area contributed by atoms with Crippen LogP contribution in [0.1, 0.15) is 53.3 Å². The number of nitrogens with zero attached hydrogens (tertiary/aromatic N) is 3. The van der Waals surface area contributed by atoms with E-state index in [-0.39, 0.29) is 5.41 Å². The molecule has 0 aliphatic carbocycles. The Bertz CT molecular complexity index is 464. The van der Waals surface area contributed by atoms with Gasteiger partial charge in [-0.15, -0.1) is 0 Å². The van der Waals surface area contributed by atoms with Crippen LogP contribution in [0.3, 0.4) is 0 Å². The van der Waals surface area contributed by atoms with Crippen LogP contribution in [-0.4, -0.2) is 29.6 Å². The Kier molecular flexibility index (Phi) is 4.21. The van der Waals surface area contributed by atoms with Crippen molar-refractivity contribution >= 4 is 11.6 Å². The molecule has 0 saturated carbocycles. The second-order valence-electron chi connectivity index (χ2n) is 7.12. The van der Waals surface area contributed by atoms with Crippen LogP contribution in [0.25, 0.3) is 0 Å². The molecule has 0 amide bonds. The zero-order valence-electron chi connectivity index (χ0n) is 13.7. The normalized spacial score (nSPS) is 23.8. The Morgan fingerprint density at radius 2 is 1.90 bits per heavy atom. The van der Waals surface area contributed by atoms with E-state index in [2.05, 4.69) is 55.9 Å². The van der Waals surface area contributed by atoms with Gasteiger partial charge in [-0.05, 0) is 25.7 Å². The Morgan fingerprint density at radius 1 is 1.20 bits per heavy atom. The molecule has 2 heterocycles. The third kappa shape index (κ3) is 3.22. The van der Waals surface area contributed by atoms with Crippen LogP contribution in [0, 0.1) is 5.92 Å². The molecule has 0 spiro atoms. The average molecular weight is 276 g/mol. The number of aromatic nitrogens is 2. The van der Waals surface area contributed by atoms with Gasteiger partial charge in [0.05, 0.1) is 0 Å². The van der Waals surface area contributed by atoms with Crippen molar-refractivity contribution in [3.8, 4) is 0 Å². The molecular weight excluding hydrogens is 248 g/mol. The van der Waals surface area contributed by atoms with E-state index in [1.165, 1.54) is 12.8 Å². The predicted molar refractivity (Wildman–Crippen MR) is 85.5 cm³/mol.